The van der Waals surface area contributed by atoms with Gasteiger partial charge >= 0.3 is 12.1 Å². The zero-order chi connectivity index (χ0) is 13.9. The maximum atomic E-state index is 12.7. The first-order valence-corrected chi connectivity index (χ1v) is 5.27. The average molecular weight is 275 g/mol. The van der Waals surface area contributed by atoms with E-state index >= 15 is 0 Å². The van der Waals surface area contributed by atoms with Crippen LogP contribution in [0.5, 0.6) is 0 Å². The minimum atomic E-state index is -4.69. The van der Waals surface area contributed by atoms with E-state index in [4.69, 9.17) is 5.26 Å². The van der Waals surface area contributed by atoms with Crippen LogP contribution in [0.4, 0.5) is 13.2 Å². The third-order valence-electron chi connectivity index (χ3n) is 2.04. The number of benzene rings is 1. The highest BCUT2D eigenvalue weighted by atomic mass is 32.1. The molecule has 0 heterocycles. The van der Waals surface area contributed by atoms with E-state index in [0.717, 1.165) is 6.07 Å². The molecule has 0 aliphatic carbocycles. The van der Waals surface area contributed by atoms with Crippen molar-refractivity contribution >= 4 is 18.6 Å². The van der Waals surface area contributed by atoms with Crippen LogP contribution >= 0.6 is 12.6 Å². The number of hydrogen-bond donors (Lipinski definition) is 1. The number of thiol groups is 1. The van der Waals surface area contributed by atoms with Gasteiger partial charge < -0.3 is 4.74 Å². The van der Waals surface area contributed by atoms with Gasteiger partial charge in [-0.05, 0) is 19.1 Å². The molecule has 0 bridgehead atoms. The van der Waals surface area contributed by atoms with Crippen molar-refractivity contribution in [3.05, 3.63) is 28.8 Å². The first-order valence-electron chi connectivity index (χ1n) is 4.82. The predicted molar refractivity (Wildman–Crippen MR) is 59.4 cm³/mol. The molecule has 0 saturated heterocycles. The number of alkyl halides is 3. The Kier molecular flexibility index (Phi) is 4.24. The second-order valence-electron chi connectivity index (χ2n) is 3.25. The van der Waals surface area contributed by atoms with Gasteiger partial charge in [0.2, 0.25) is 0 Å². The van der Waals surface area contributed by atoms with Gasteiger partial charge in [0.1, 0.15) is 0 Å². The number of carbonyl (C=O) groups excluding carboxylic acids is 1. The van der Waals surface area contributed by atoms with Crippen molar-refractivity contribution in [2.45, 2.75) is 18.0 Å². The molecule has 18 heavy (non-hydrogen) atoms. The van der Waals surface area contributed by atoms with E-state index in [9.17, 15) is 18.0 Å². The van der Waals surface area contributed by atoms with Gasteiger partial charge in [-0.2, -0.15) is 18.4 Å². The van der Waals surface area contributed by atoms with Gasteiger partial charge in [-0.15, -0.1) is 12.6 Å². The lowest BCUT2D eigenvalue weighted by Gasteiger charge is -2.13. The highest BCUT2D eigenvalue weighted by Crippen LogP contribution is 2.36. The van der Waals surface area contributed by atoms with Crippen molar-refractivity contribution in [2.24, 2.45) is 0 Å². The minimum Gasteiger partial charge on any atom is -0.462 e. The Morgan fingerprint density at radius 1 is 1.50 bits per heavy atom. The summed E-state index contributed by atoms with van der Waals surface area (Å²) in [4.78, 5) is 10.9. The van der Waals surface area contributed by atoms with Gasteiger partial charge in [0.15, 0.2) is 0 Å². The highest BCUT2D eigenvalue weighted by Gasteiger charge is 2.35. The van der Waals surface area contributed by atoms with Crippen LogP contribution < -0.4 is 0 Å². The molecule has 0 saturated carbocycles. The number of carbonyl (C=O) groups is 1. The fourth-order valence-corrected chi connectivity index (χ4v) is 1.63. The zero-order valence-electron chi connectivity index (χ0n) is 9.21. The summed E-state index contributed by atoms with van der Waals surface area (Å²) in [5.74, 6) is -0.940. The van der Waals surface area contributed by atoms with Crippen LogP contribution in [0.3, 0.4) is 0 Å². The Morgan fingerprint density at radius 2 is 2.11 bits per heavy atom. The van der Waals surface area contributed by atoms with E-state index in [2.05, 4.69) is 17.4 Å². The molecule has 0 atom stereocenters. The molecular weight excluding hydrogens is 267 g/mol. The van der Waals surface area contributed by atoms with Crippen LogP contribution in [-0.2, 0) is 10.9 Å². The maximum Gasteiger partial charge on any atom is 0.417 e. The second kappa shape index (κ2) is 5.31. The first kappa shape index (κ1) is 14.4. The molecule has 0 fully saturated rings. The normalized spacial score (nSPS) is 10.9. The van der Waals surface area contributed by atoms with Crippen molar-refractivity contribution in [1.82, 2.24) is 0 Å². The molecule has 0 amide bonds. The Bertz CT molecular complexity index is 520. The molecule has 1 rings (SSSR count). The number of halogens is 3. The smallest absolute Gasteiger partial charge is 0.417 e. The molecule has 7 heteroatoms. The SMILES string of the molecule is CCOC(=O)c1cc(C#N)cc(C(F)(F)F)c1S. The lowest BCUT2D eigenvalue weighted by molar-refractivity contribution is -0.139. The molecule has 0 spiro atoms. The lowest BCUT2D eigenvalue weighted by Crippen LogP contribution is -2.12. The van der Waals surface area contributed by atoms with Crippen LogP contribution in [0.2, 0.25) is 0 Å². The van der Waals surface area contributed by atoms with Gasteiger partial charge in [0.05, 0.1) is 29.4 Å². The molecule has 0 aliphatic rings. The quantitative estimate of drug-likeness (QED) is 0.666. The Hall–Kier alpha value is -1.68. The van der Waals surface area contributed by atoms with Gasteiger partial charge in [-0.3, -0.25) is 0 Å². The fourth-order valence-electron chi connectivity index (χ4n) is 1.28. The number of nitrogens with zero attached hydrogens (tertiary/aromatic N) is 1. The molecule has 1 aromatic rings. The summed E-state index contributed by atoms with van der Waals surface area (Å²) in [6.45, 7) is 1.54. The molecular formula is C11H8F3NO2S. The average Bonchev–Trinajstić information content (AvgIpc) is 2.28. The summed E-state index contributed by atoms with van der Waals surface area (Å²) in [6, 6.07) is 3.23. The molecule has 96 valence electrons. The summed E-state index contributed by atoms with van der Waals surface area (Å²) in [6.07, 6.45) is -4.69. The molecule has 1 aromatic carbocycles. The van der Waals surface area contributed by atoms with Crippen molar-refractivity contribution in [1.29, 1.82) is 5.26 Å². The third-order valence-corrected chi connectivity index (χ3v) is 2.52. The minimum absolute atomic E-state index is 0.0180. The summed E-state index contributed by atoms with van der Waals surface area (Å²) in [7, 11) is 0. The summed E-state index contributed by atoms with van der Waals surface area (Å²) in [5, 5.41) is 8.66. The van der Waals surface area contributed by atoms with Crippen molar-refractivity contribution in [3.63, 3.8) is 0 Å². The third kappa shape index (κ3) is 2.96. The lowest BCUT2D eigenvalue weighted by atomic mass is 10.1. The number of ether oxygens (including phenoxy) is 1. The summed E-state index contributed by atoms with van der Waals surface area (Å²) in [5.41, 5.74) is -1.78. The zero-order valence-corrected chi connectivity index (χ0v) is 10.1. The number of hydrogen-bond acceptors (Lipinski definition) is 4. The summed E-state index contributed by atoms with van der Waals surface area (Å²) < 4.78 is 42.7. The first-order chi connectivity index (χ1) is 8.31. The standard InChI is InChI=1S/C11H8F3NO2S/c1-2-17-10(16)7-3-6(5-15)4-8(9(7)18)11(12,13)14/h3-4,18H,2H2,1H3. The predicted octanol–water partition coefficient (Wildman–Crippen LogP) is 3.04. The molecule has 3 nitrogen and oxygen atoms in total. The Balaban J connectivity index is 3.45. The molecule has 0 N–H and O–H groups in total. The number of rotatable bonds is 2. The van der Waals surface area contributed by atoms with E-state index in [-0.39, 0.29) is 17.7 Å². The van der Waals surface area contributed by atoms with Gasteiger partial charge in [-0.1, -0.05) is 0 Å². The van der Waals surface area contributed by atoms with Crippen molar-refractivity contribution in [3.8, 4) is 6.07 Å². The van der Waals surface area contributed by atoms with Crippen molar-refractivity contribution in [2.75, 3.05) is 6.61 Å². The maximum absolute atomic E-state index is 12.7. The van der Waals surface area contributed by atoms with E-state index in [1.165, 1.54) is 6.92 Å². The number of nitriles is 1. The Labute approximate surface area is 107 Å². The van der Waals surface area contributed by atoms with E-state index in [1.54, 1.807) is 6.07 Å². The molecule has 0 aromatic heterocycles. The van der Waals surface area contributed by atoms with Gasteiger partial charge in [0.25, 0.3) is 0 Å². The number of esters is 1. The van der Waals surface area contributed by atoms with E-state index < -0.39 is 22.6 Å². The van der Waals surface area contributed by atoms with Crippen LogP contribution in [0.1, 0.15) is 28.4 Å². The largest absolute Gasteiger partial charge is 0.462 e. The monoisotopic (exact) mass is 275 g/mol. The fraction of sp³-hybridized carbons (Fsp3) is 0.273. The topological polar surface area (TPSA) is 50.1 Å². The van der Waals surface area contributed by atoms with E-state index in [1.807, 2.05) is 0 Å². The van der Waals surface area contributed by atoms with Gasteiger partial charge in [-0.25, -0.2) is 4.79 Å². The van der Waals surface area contributed by atoms with Crippen molar-refractivity contribution < 1.29 is 22.7 Å². The van der Waals surface area contributed by atoms with Crippen LogP contribution in [0, 0.1) is 11.3 Å². The van der Waals surface area contributed by atoms with Crippen LogP contribution in [-0.4, -0.2) is 12.6 Å². The van der Waals surface area contributed by atoms with Gasteiger partial charge in [0, 0.05) is 4.90 Å². The molecule has 0 unspecified atom stereocenters. The summed E-state index contributed by atoms with van der Waals surface area (Å²) >= 11 is 3.69. The Morgan fingerprint density at radius 3 is 2.56 bits per heavy atom. The van der Waals surface area contributed by atoms with Crippen LogP contribution in [0.25, 0.3) is 0 Å². The molecule has 0 radical (unpaired) electrons. The van der Waals surface area contributed by atoms with E-state index in [0.29, 0.717) is 6.07 Å². The highest BCUT2D eigenvalue weighted by molar-refractivity contribution is 7.80. The van der Waals surface area contributed by atoms with Crippen LogP contribution in [0.15, 0.2) is 17.0 Å². The molecule has 0 aliphatic heterocycles. The second-order valence-corrected chi connectivity index (χ2v) is 3.70.